The summed E-state index contributed by atoms with van der Waals surface area (Å²) in [7, 11) is -1.43. The molecule has 3 heteroatoms. The predicted molar refractivity (Wildman–Crippen MR) is 73.8 cm³/mol. The monoisotopic (exact) mass is 251 g/mol. The first-order chi connectivity index (χ1) is 8.08. The Morgan fingerprint density at radius 2 is 1.65 bits per heavy atom. The maximum Gasteiger partial charge on any atom is 0.123 e. The summed E-state index contributed by atoms with van der Waals surface area (Å²) in [6, 6.07) is 7.15. The molecule has 1 heterocycles. The number of rotatable bonds is 3. The fraction of sp³-hybridized carbons (Fsp3) is 0.571. The second-order valence-electron chi connectivity index (χ2n) is 5.73. The number of piperidine rings is 1. The minimum atomic E-state index is -1.43. The van der Waals surface area contributed by atoms with E-state index >= 15 is 0 Å². The summed E-state index contributed by atoms with van der Waals surface area (Å²) in [6.07, 6.45) is 5.27. The van der Waals surface area contributed by atoms with E-state index < -0.39 is 8.07 Å². The van der Waals surface area contributed by atoms with E-state index in [0.29, 0.717) is 0 Å². The van der Waals surface area contributed by atoms with E-state index in [0.717, 1.165) is 0 Å². The molecule has 1 aliphatic rings. The van der Waals surface area contributed by atoms with Crippen LogP contribution in [-0.2, 0) is 0 Å². The largest absolute Gasteiger partial charge is 0.306 e. The van der Waals surface area contributed by atoms with Crippen molar-refractivity contribution < 1.29 is 4.39 Å². The van der Waals surface area contributed by atoms with Gasteiger partial charge in [-0.1, -0.05) is 36.8 Å². The average molecular weight is 251 g/mol. The molecule has 0 bridgehead atoms. The second kappa shape index (κ2) is 5.32. The molecule has 0 aliphatic carbocycles. The summed E-state index contributed by atoms with van der Waals surface area (Å²) in [5.41, 5.74) is 0. The Bertz CT molecular complexity index is 355. The first kappa shape index (κ1) is 12.8. The number of hydrogen-bond acceptors (Lipinski definition) is 1. The molecule has 1 aliphatic heterocycles. The van der Waals surface area contributed by atoms with E-state index in [1.165, 1.54) is 43.7 Å². The maximum atomic E-state index is 12.9. The third kappa shape index (κ3) is 3.39. The van der Waals surface area contributed by atoms with Crippen LogP contribution in [-0.4, -0.2) is 32.2 Å². The van der Waals surface area contributed by atoms with Crippen molar-refractivity contribution in [3.05, 3.63) is 30.1 Å². The molecule has 0 N–H and O–H groups in total. The van der Waals surface area contributed by atoms with Crippen molar-refractivity contribution in [2.45, 2.75) is 32.4 Å². The minimum absolute atomic E-state index is 0.128. The van der Waals surface area contributed by atoms with Gasteiger partial charge in [-0.2, -0.15) is 0 Å². The van der Waals surface area contributed by atoms with Crippen LogP contribution in [0.5, 0.6) is 0 Å². The van der Waals surface area contributed by atoms with Crippen LogP contribution in [0.3, 0.4) is 0 Å². The Morgan fingerprint density at radius 3 is 2.24 bits per heavy atom. The molecule has 2 rings (SSSR count). The lowest BCUT2D eigenvalue weighted by Gasteiger charge is -2.34. The number of likely N-dealkylation sites (tertiary alicyclic amines) is 1. The van der Waals surface area contributed by atoms with Crippen molar-refractivity contribution in [2.75, 3.05) is 19.3 Å². The molecule has 0 unspecified atom stereocenters. The quantitative estimate of drug-likeness (QED) is 0.747. The van der Waals surface area contributed by atoms with Gasteiger partial charge in [-0.25, -0.2) is 4.39 Å². The van der Waals surface area contributed by atoms with E-state index in [-0.39, 0.29) is 5.82 Å². The van der Waals surface area contributed by atoms with Crippen LogP contribution in [0.25, 0.3) is 0 Å². The smallest absolute Gasteiger partial charge is 0.123 e. The predicted octanol–water partition coefficient (Wildman–Crippen LogP) is 2.77. The highest BCUT2D eigenvalue weighted by atomic mass is 28.3. The van der Waals surface area contributed by atoms with Crippen molar-refractivity contribution in [2.24, 2.45) is 0 Å². The highest BCUT2D eigenvalue weighted by Gasteiger charge is 2.27. The van der Waals surface area contributed by atoms with Gasteiger partial charge in [0.2, 0.25) is 0 Å². The summed E-state index contributed by atoms with van der Waals surface area (Å²) >= 11 is 0. The van der Waals surface area contributed by atoms with Crippen LogP contribution < -0.4 is 5.19 Å². The van der Waals surface area contributed by atoms with E-state index in [9.17, 15) is 4.39 Å². The standard InChI is InChI=1S/C14H22FNSi/c1-17(2,12-16-10-4-3-5-11-16)14-8-6-13(15)7-9-14/h6-9H,3-5,10-12H2,1-2H3. The van der Waals surface area contributed by atoms with Crippen LogP contribution in [0, 0.1) is 5.82 Å². The second-order valence-corrected chi connectivity index (χ2v) is 10.4. The minimum Gasteiger partial charge on any atom is -0.306 e. The zero-order valence-electron chi connectivity index (χ0n) is 10.9. The first-order valence-electron chi connectivity index (χ1n) is 6.56. The number of hydrogen-bond donors (Lipinski definition) is 0. The molecule has 1 fully saturated rings. The highest BCUT2D eigenvalue weighted by Crippen LogP contribution is 2.13. The third-order valence-corrected chi connectivity index (χ3v) is 6.83. The fourth-order valence-corrected chi connectivity index (χ4v) is 5.35. The molecule has 1 nitrogen and oxygen atoms in total. The lowest BCUT2D eigenvalue weighted by Crippen LogP contribution is -2.52. The van der Waals surface area contributed by atoms with Gasteiger partial charge in [0.25, 0.3) is 0 Å². The zero-order valence-corrected chi connectivity index (χ0v) is 11.9. The summed E-state index contributed by atoms with van der Waals surface area (Å²) in [5, 5.41) is 1.37. The topological polar surface area (TPSA) is 3.24 Å². The van der Waals surface area contributed by atoms with Gasteiger partial charge >= 0.3 is 0 Å². The van der Waals surface area contributed by atoms with E-state index in [2.05, 4.69) is 18.0 Å². The molecule has 0 amide bonds. The Hall–Kier alpha value is -0.673. The Labute approximate surface area is 105 Å². The number of halogens is 1. The average Bonchev–Trinajstić information content (AvgIpc) is 2.30. The van der Waals surface area contributed by atoms with Crippen molar-refractivity contribution in [3.8, 4) is 0 Å². The van der Waals surface area contributed by atoms with Crippen molar-refractivity contribution in [1.82, 2.24) is 4.90 Å². The third-order valence-electron chi connectivity index (χ3n) is 3.69. The molecule has 0 aromatic heterocycles. The van der Waals surface area contributed by atoms with Gasteiger partial charge in [0.1, 0.15) is 5.82 Å². The van der Waals surface area contributed by atoms with Crippen LogP contribution in [0.15, 0.2) is 24.3 Å². The van der Waals surface area contributed by atoms with Gasteiger partial charge in [0, 0.05) is 0 Å². The van der Waals surface area contributed by atoms with Crippen molar-refractivity contribution >= 4 is 13.3 Å². The fourth-order valence-electron chi connectivity index (χ4n) is 2.67. The Morgan fingerprint density at radius 1 is 1.06 bits per heavy atom. The van der Waals surface area contributed by atoms with Crippen molar-refractivity contribution in [1.29, 1.82) is 0 Å². The molecule has 1 saturated heterocycles. The zero-order chi connectivity index (χ0) is 12.3. The molecule has 17 heavy (non-hydrogen) atoms. The summed E-state index contributed by atoms with van der Waals surface area (Å²) < 4.78 is 12.9. The molecule has 1 aromatic carbocycles. The number of benzene rings is 1. The molecule has 0 spiro atoms. The van der Waals surface area contributed by atoms with Gasteiger partial charge in [-0.05, 0) is 44.2 Å². The normalized spacial score (nSPS) is 18.3. The molecule has 94 valence electrons. The van der Waals surface area contributed by atoms with Gasteiger partial charge in [-0.3, -0.25) is 0 Å². The van der Waals surface area contributed by atoms with E-state index in [1.807, 2.05) is 12.1 Å². The van der Waals surface area contributed by atoms with Gasteiger partial charge in [0.15, 0.2) is 0 Å². The molecular formula is C14H22FNSi. The van der Waals surface area contributed by atoms with Crippen LogP contribution >= 0.6 is 0 Å². The molecule has 0 radical (unpaired) electrons. The van der Waals surface area contributed by atoms with Crippen LogP contribution in [0.1, 0.15) is 19.3 Å². The first-order valence-corrected chi connectivity index (χ1v) is 9.77. The molecule has 1 aromatic rings. The van der Waals surface area contributed by atoms with E-state index in [1.54, 1.807) is 12.1 Å². The van der Waals surface area contributed by atoms with Gasteiger partial charge in [-0.15, -0.1) is 0 Å². The molecule has 0 saturated carbocycles. The van der Waals surface area contributed by atoms with Crippen LogP contribution in [0.2, 0.25) is 13.1 Å². The van der Waals surface area contributed by atoms with Gasteiger partial charge < -0.3 is 4.90 Å². The maximum absolute atomic E-state index is 12.9. The summed E-state index contributed by atoms with van der Waals surface area (Å²) in [6.45, 7) is 7.26. The lowest BCUT2D eigenvalue weighted by atomic mass is 10.1. The molecular weight excluding hydrogens is 229 g/mol. The lowest BCUT2D eigenvalue weighted by molar-refractivity contribution is 0.260. The Balaban J connectivity index is 2.04. The molecule has 0 atom stereocenters. The summed E-state index contributed by atoms with van der Waals surface area (Å²) in [4.78, 5) is 2.60. The SMILES string of the molecule is C[Si](C)(CN1CCCCC1)c1ccc(F)cc1. The van der Waals surface area contributed by atoms with Gasteiger partial charge in [0.05, 0.1) is 8.07 Å². The summed E-state index contributed by atoms with van der Waals surface area (Å²) in [5.74, 6) is -0.128. The van der Waals surface area contributed by atoms with E-state index in [4.69, 9.17) is 0 Å². The van der Waals surface area contributed by atoms with Crippen molar-refractivity contribution in [3.63, 3.8) is 0 Å². The highest BCUT2D eigenvalue weighted by molar-refractivity contribution is 6.89. The Kier molecular flexibility index (Phi) is 3.99. The van der Waals surface area contributed by atoms with Crippen LogP contribution in [0.4, 0.5) is 4.39 Å². The number of nitrogens with zero attached hydrogens (tertiary/aromatic N) is 1.